The average molecular weight is 651 g/mol. The standard InChI is InChI=1S/C46H26N4O/c47-27-31-17-8-15-28-16-9-20-33(41(28)31)34-21-10-22-35-38(26-30-14-4-5-18-32(30)42(34)35)46-49-44(29-12-2-1-3-13-29)48-45(50-46)37-23-11-25-40-43(37)36-19-6-7-24-39(36)51-40/h1-26H. The van der Waals surface area contributed by atoms with Crippen LogP contribution in [0.2, 0.25) is 0 Å². The van der Waals surface area contributed by atoms with Gasteiger partial charge in [-0.2, -0.15) is 5.26 Å². The summed E-state index contributed by atoms with van der Waals surface area (Å²) < 4.78 is 6.26. The van der Waals surface area contributed by atoms with Crippen LogP contribution < -0.4 is 0 Å². The topological polar surface area (TPSA) is 75.6 Å². The van der Waals surface area contributed by atoms with Crippen LogP contribution in [0.4, 0.5) is 0 Å². The number of furan rings is 1. The summed E-state index contributed by atoms with van der Waals surface area (Å²) in [7, 11) is 0. The Balaban J connectivity index is 1.30. The summed E-state index contributed by atoms with van der Waals surface area (Å²) in [5.74, 6) is 1.74. The Labute approximate surface area is 292 Å². The Morgan fingerprint density at radius 3 is 1.84 bits per heavy atom. The van der Waals surface area contributed by atoms with E-state index in [0.29, 0.717) is 23.0 Å². The summed E-state index contributed by atoms with van der Waals surface area (Å²) in [6, 6.07) is 55.7. The fourth-order valence-corrected chi connectivity index (χ4v) is 7.51. The van der Waals surface area contributed by atoms with E-state index >= 15 is 0 Å². The molecule has 236 valence electrons. The SMILES string of the molecule is N#Cc1cccc2cccc(-c3cccc4c(-c5nc(-c6ccccc6)nc(-c6cccc7oc8ccccc8c67)n5)cc5ccccc5c34)c12. The van der Waals surface area contributed by atoms with Gasteiger partial charge in [-0.25, -0.2) is 15.0 Å². The maximum Gasteiger partial charge on any atom is 0.164 e. The van der Waals surface area contributed by atoms with E-state index in [-0.39, 0.29) is 0 Å². The first-order valence-corrected chi connectivity index (χ1v) is 16.8. The minimum Gasteiger partial charge on any atom is -0.456 e. The number of hydrogen-bond acceptors (Lipinski definition) is 5. The average Bonchev–Trinajstić information content (AvgIpc) is 3.59. The van der Waals surface area contributed by atoms with Crippen molar-refractivity contribution in [2.75, 3.05) is 0 Å². The summed E-state index contributed by atoms with van der Waals surface area (Å²) in [5.41, 5.74) is 6.99. The second kappa shape index (κ2) is 11.5. The molecule has 0 saturated heterocycles. The number of hydrogen-bond donors (Lipinski definition) is 0. The Hall–Kier alpha value is -7.16. The van der Waals surface area contributed by atoms with Crippen LogP contribution in [-0.2, 0) is 0 Å². The molecule has 0 amide bonds. The molecule has 0 atom stereocenters. The van der Waals surface area contributed by atoms with E-state index in [1.807, 2.05) is 72.8 Å². The van der Waals surface area contributed by atoms with Gasteiger partial charge in [0.05, 0.1) is 11.6 Å². The third kappa shape index (κ3) is 4.58. The number of aromatic nitrogens is 3. The van der Waals surface area contributed by atoms with Crippen molar-refractivity contribution < 1.29 is 4.42 Å². The third-order valence-electron chi connectivity index (χ3n) is 9.75. The number of benzene rings is 8. The Bertz CT molecular complexity index is 3040. The lowest BCUT2D eigenvalue weighted by atomic mass is 9.88. The van der Waals surface area contributed by atoms with Crippen molar-refractivity contribution in [2.45, 2.75) is 0 Å². The van der Waals surface area contributed by atoms with Gasteiger partial charge in [-0.05, 0) is 62.3 Å². The minimum absolute atomic E-state index is 0.571. The smallest absolute Gasteiger partial charge is 0.164 e. The molecule has 0 radical (unpaired) electrons. The summed E-state index contributed by atoms with van der Waals surface area (Å²) in [6.45, 7) is 0. The van der Waals surface area contributed by atoms with Gasteiger partial charge >= 0.3 is 0 Å². The summed E-state index contributed by atoms with van der Waals surface area (Å²) in [4.78, 5) is 15.5. The first-order valence-electron chi connectivity index (χ1n) is 16.8. The van der Waals surface area contributed by atoms with E-state index in [2.05, 4.69) is 91.0 Å². The second-order valence-electron chi connectivity index (χ2n) is 12.6. The molecule has 0 aliphatic heterocycles. The van der Waals surface area contributed by atoms with Crippen LogP contribution in [0.15, 0.2) is 162 Å². The van der Waals surface area contributed by atoms with Crippen LogP contribution in [0.3, 0.4) is 0 Å². The first-order chi connectivity index (χ1) is 25.2. The Kier molecular flexibility index (Phi) is 6.48. The molecule has 0 fully saturated rings. The van der Waals surface area contributed by atoms with E-state index in [1.165, 1.54) is 0 Å². The Morgan fingerprint density at radius 2 is 1.00 bits per heavy atom. The second-order valence-corrected chi connectivity index (χ2v) is 12.6. The molecule has 0 spiro atoms. The van der Waals surface area contributed by atoms with Crippen LogP contribution in [-0.4, -0.2) is 15.0 Å². The normalized spacial score (nSPS) is 11.5. The number of nitriles is 1. The lowest BCUT2D eigenvalue weighted by molar-refractivity contribution is 0.669. The van der Waals surface area contributed by atoms with Crippen molar-refractivity contribution in [3.05, 3.63) is 163 Å². The van der Waals surface area contributed by atoms with Crippen LogP contribution in [0.5, 0.6) is 0 Å². The zero-order valence-electron chi connectivity index (χ0n) is 27.2. The van der Waals surface area contributed by atoms with Crippen LogP contribution >= 0.6 is 0 Å². The molecule has 5 nitrogen and oxygen atoms in total. The number of rotatable bonds is 4. The lowest BCUT2D eigenvalue weighted by Gasteiger charge is -2.16. The lowest BCUT2D eigenvalue weighted by Crippen LogP contribution is -2.01. The van der Waals surface area contributed by atoms with Gasteiger partial charge in [-0.3, -0.25) is 0 Å². The number of nitrogens with zero attached hydrogens (tertiary/aromatic N) is 4. The molecule has 0 N–H and O–H groups in total. The highest BCUT2D eigenvalue weighted by molar-refractivity contribution is 6.21. The van der Waals surface area contributed by atoms with Gasteiger partial charge in [-0.1, -0.05) is 133 Å². The fourth-order valence-electron chi connectivity index (χ4n) is 7.51. The predicted octanol–water partition coefficient (Wildman–Crippen LogP) is 11.8. The van der Waals surface area contributed by atoms with Crippen LogP contribution in [0.25, 0.3) is 99.5 Å². The predicted molar refractivity (Wildman–Crippen MR) is 206 cm³/mol. The molecular formula is C46H26N4O. The molecule has 5 heteroatoms. The molecule has 0 unspecified atom stereocenters. The van der Waals surface area contributed by atoms with Crippen molar-refractivity contribution in [3.63, 3.8) is 0 Å². The monoisotopic (exact) mass is 650 g/mol. The largest absolute Gasteiger partial charge is 0.456 e. The van der Waals surface area contributed by atoms with Gasteiger partial charge < -0.3 is 4.42 Å². The fraction of sp³-hybridized carbons (Fsp3) is 0. The third-order valence-corrected chi connectivity index (χ3v) is 9.75. The van der Waals surface area contributed by atoms with Gasteiger partial charge in [0, 0.05) is 32.8 Å². The minimum atomic E-state index is 0.571. The van der Waals surface area contributed by atoms with Gasteiger partial charge in [0.1, 0.15) is 11.2 Å². The van der Waals surface area contributed by atoms with Crippen LogP contribution in [0.1, 0.15) is 5.56 Å². The van der Waals surface area contributed by atoms with Crippen LogP contribution in [0, 0.1) is 11.3 Å². The van der Waals surface area contributed by atoms with E-state index in [0.717, 1.165) is 82.1 Å². The molecule has 2 aromatic heterocycles. The van der Waals surface area contributed by atoms with Crippen molar-refractivity contribution in [1.29, 1.82) is 5.26 Å². The first kappa shape index (κ1) is 28.8. The molecule has 0 aliphatic rings. The number of para-hydroxylation sites is 1. The maximum atomic E-state index is 10.2. The van der Waals surface area contributed by atoms with Gasteiger partial charge in [-0.15, -0.1) is 0 Å². The van der Waals surface area contributed by atoms with E-state index in [4.69, 9.17) is 19.4 Å². The highest BCUT2D eigenvalue weighted by Crippen LogP contribution is 2.43. The van der Waals surface area contributed by atoms with E-state index in [9.17, 15) is 5.26 Å². The quantitative estimate of drug-likeness (QED) is 0.177. The maximum absolute atomic E-state index is 10.2. The van der Waals surface area contributed by atoms with Crippen molar-refractivity contribution in [1.82, 2.24) is 15.0 Å². The molecule has 10 rings (SSSR count). The zero-order valence-corrected chi connectivity index (χ0v) is 27.2. The van der Waals surface area contributed by atoms with Crippen molar-refractivity contribution in [3.8, 4) is 51.4 Å². The molecule has 0 aliphatic carbocycles. The van der Waals surface area contributed by atoms with Crippen molar-refractivity contribution >= 4 is 54.3 Å². The van der Waals surface area contributed by atoms with Gasteiger partial charge in [0.2, 0.25) is 0 Å². The summed E-state index contributed by atoms with van der Waals surface area (Å²) in [5, 5.41) is 18.4. The molecule has 51 heavy (non-hydrogen) atoms. The molecular weight excluding hydrogens is 625 g/mol. The molecule has 0 saturated carbocycles. The molecule has 2 heterocycles. The molecule has 8 aromatic carbocycles. The van der Waals surface area contributed by atoms with E-state index < -0.39 is 0 Å². The zero-order chi connectivity index (χ0) is 33.9. The van der Waals surface area contributed by atoms with Gasteiger partial charge in [0.25, 0.3) is 0 Å². The molecule has 10 aromatic rings. The highest BCUT2D eigenvalue weighted by Gasteiger charge is 2.21. The number of fused-ring (bicyclic) bond motifs is 7. The summed E-state index contributed by atoms with van der Waals surface area (Å²) >= 11 is 0. The Morgan fingerprint density at radius 1 is 0.412 bits per heavy atom. The summed E-state index contributed by atoms with van der Waals surface area (Å²) in [6.07, 6.45) is 0. The molecule has 0 bridgehead atoms. The van der Waals surface area contributed by atoms with Crippen molar-refractivity contribution in [2.24, 2.45) is 0 Å². The highest BCUT2D eigenvalue weighted by atomic mass is 16.3. The van der Waals surface area contributed by atoms with E-state index in [1.54, 1.807) is 0 Å². The van der Waals surface area contributed by atoms with Gasteiger partial charge in [0.15, 0.2) is 17.5 Å².